The highest BCUT2D eigenvalue weighted by Crippen LogP contribution is 2.25. The standard InChI is InChI=1S/C7H5BrClNO4S/c8-7-3-6(10(11)12)2-1-5(7)4-15(9,13)14/h1-3H,4H2. The molecule has 0 atom stereocenters. The maximum absolute atomic E-state index is 10.8. The Balaban J connectivity index is 3.09. The molecule has 1 aromatic carbocycles. The molecule has 0 fully saturated rings. The molecule has 0 unspecified atom stereocenters. The van der Waals surface area contributed by atoms with Crippen molar-refractivity contribution in [3.8, 4) is 0 Å². The van der Waals surface area contributed by atoms with E-state index in [0.717, 1.165) is 0 Å². The summed E-state index contributed by atoms with van der Waals surface area (Å²) in [5.74, 6) is -0.368. The Bertz CT molecular complexity index is 502. The second kappa shape index (κ2) is 4.46. The lowest BCUT2D eigenvalue weighted by molar-refractivity contribution is -0.384. The molecular weight excluding hydrogens is 310 g/mol. The predicted molar refractivity (Wildman–Crippen MR) is 59.3 cm³/mol. The summed E-state index contributed by atoms with van der Waals surface area (Å²) < 4.78 is 21.9. The van der Waals surface area contributed by atoms with Gasteiger partial charge in [0.05, 0.1) is 10.7 Å². The zero-order valence-corrected chi connectivity index (χ0v) is 10.3. The van der Waals surface area contributed by atoms with Crippen LogP contribution in [-0.4, -0.2) is 13.3 Å². The molecule has 0 bridgehead atoms. The average molecular weight is 315 g/mol. The Morgan fingerprint density at radius 2 is 2.07 bits per heavy atom. The van der Waals surface area contributed by atoms with Crippen LogP contribution in [0.3, 0.4) is 0 Å². The summed E-state index contributed by atoms with van der Waals surface area (Å²) in [5, 5.41) is 10.4. The first-order chi connectivity index (χ1) is 6.79. The number of nitro benzene ring substituents is 1. The van der Waals surface area contributed by atoms with Crippen molar-refractivity contribution in [1.29, 1.82) is 0 Å². The molecule has 15 heavy (non-hydrogen) atoms. The van der Waals surface area contributed by atoms with Crippen molar-refractivity contribution < 1.29 is 13.3 Å². The molecule has 1 rings (SSSR count). The fraction of sp³-hybridized carbons (Fsp3) is 0.143. The minimum Gasteiger partial charge on any atom is -0.258 e. The molecule has 0 amide bonds. The Labute approximate surface area is 98.7 Å². The monoisotopic (exact) mass is 313 g/mol. The molecule has 0 spiro atoms. The van der Waals surface area contributed by atoms with E-state index in [4.69, 9.17) is 10.7 Å². The molecule has 0 saturated heterocycles. The molecule has 0 N–H and O–H groups in total. The van der Waals surface area contributed by atoms with E-state index in [9.17, 15) is 18.5 Å². The first-order valence-electron chi connectivity index (χ1n) is 3.65. The van der Waals surface area contributed by atoms with Gasteiger partial charge in [-0.05, 0) is 5.56 Å². The van der Waals surface area contributed by atoms with Crippen LogP contribution in [0.2, 0.25) is 0 Å². The predicted octanol–water partition coefficient (Wildman–Crippen LogP) is 2.43. The lowest BCUT2D eigenvalue weighted by Crippen LogP contribution is -1.97. The third-order valence-corrected chi connectivity index (χ3v) is 3.30. The first kappa shape index (κ1) is 12.4. The van der Waals surface area contributed by atoms with Gasteiger partial charge in [-0.25, -0.2) is 8.42 Å². The van der Waals surface area contributed by atoms with Gasteiger partial charge in [0.25, 0.3) is 5.69 Å². The van der Waals surface area contributed by atoms with Crippen molar-refractivity contribution in [1.82, 2.24) is 0 Å². The van der Waals surface area contributed by atoms with Crippen LogP contribution >= 0.6 is 26.6 Å². The Kier molecular flexibility index (Phi) is 3.69. The van der Waals surface area contributed by atoms with E-state index in [2.05, 4.69) is 15.9 Å². The number of non-ortho nitro benzene ring substituents is 1. The molecule has 1 aromatic rings. The SMILES string of the molecule is O=[N+]([O-])c1ccc(CS(=O)(=O)Cl)c(Br)c1. The highest BCUT2D eigenvalue weighted by Gasteiger charge is 2.13. The summed E-state index contributed by atoms with van der Waals surface area (Å²) in [5.41, 5.74) is 0.271. The van der Waals surface area contributed by atoms with Crippen molar-refractivity contribution in [2.24, 2.45) is 0 Å². The highest BCUT2D eigenvalue weighted by molar-refractivity contribution is 9.10. The second-order valence-corrected chi connectivity index (χ2v) is 6.35. The van der Waals surface area contributed by atoms with Gasteiger partial charge in [-0.3, -0.25) is 10.1 Å². The van der Waals surface area contributed by atoms with Crippen LogP contribution in [0, 0.1) is 10.1 Å². The number of hydrogen-bond donors (Lipinski definition) is 0. The van der Waals surface area contributed by atoms with E-state index < -0.39 is 14.0 Å². The van der Waals surface area contributed by atoms with Crippen molar-refractivity contribution in [3.05, 3.63) is 38.3 Å². The second-order valence-electron chi connectivity index (χ2n) is 2.72. The summed E-state index contributed by atoms with van der Waals surface area (Å²) >= 11 is 3.04. The van der Waals surface area contributed by atoms with Crippen LogP contribution in [-0.2, 0) is 14.8 Å². The van der Waals surface area contributed by atoms with Crippen LogP contribution < -0.4 is 0 Å². The van der Waals surface area contributed by atoms with Crippen LogP contribution in [0.4, 0.5) is 5.69 Å². The smallest absolute Gasteiger partial charge is 0.258 e. The van der Waals surface area contributed by atoms with Crippen molar-refractivity contribution in [3.63, 3.8) is 0 Å². The van der Waals surface area contributed by atoms with E-state index in [0.29, 0.717) is 10.0 Å². The minimum absolute atomic E-state index is 0.113. The van der Waals surface area contributed by atoms with E-state index >= 15 is 0 Å². The van der Waals surface area contributed by atoms with E-state index in [1.807, 2.05) is 0 Å². The van der Waals surface area contributed by atoms with Gasteiger partial charge >= 0.3 is 0 Å². The van der Waals surface area contributed by atoms with Crippen molar-refractivity contribution in [2.75, 3.05) is 0 Å². The zero-order valence-electron chi connectivity index (χ0n) is 7.18. The largest absolute Gasteiger partial charge is 0.270 e. The van der Waals surface area contributed by atoms with Gasteiger partial charge in [-0.15, -0.1) is 0 Å². The number of benzene rings is 1. The maximum Gasteiger partial charge on any atom is 0.270 e. The summed E-state index contributed by atoms with van der Waals surface area (Å²) in [4.78, 5) is 9.82. The average Bonchev–Trinajstić information content (AvgIpc) is 2.05. The first-order valence-corrected chi connectivity index (χ1v) is 6.92. The molecule has 0 saturated carbocycles. The molecular formula is C7H5BrClNO4S. The minimum atomic E-state index is -3.66. The number of rotatable bonds is 3. The molecule has 0 aromatic heterocycles. The Morgan fingerprint density at radius 1 is 1.47 bits per heavy atom. The zero-order chi connectivity index (χ0) is 11.6. The molecule has 8 heteroatoms. The third kappa shape index (κ3) is 3.77. The quantitative estimate of drug-likeness (QED) is 0.488. The van der Waals surface area contributed by atoms with E-state index in [1.165, 1.54) is 18.2 Å². The number of halogens is 2. The summed E-state index contributed by atoms with van der Waals surface area (Å²) in [7, 11) is 1.40. The molecule has 0 heterocycles. The van der Waals surface area contributed by atoms with Crippen molar-refractivity contribution in [2.45, 2.75) is 5.75 Å². The van der Waals surface area contributed by atoms with E-state index in [1.54, 1.807) is 0 Å². The highest BCUT2D eigenvalue weighted by atomic mass is 79.9. The maximum atomic E-state index is 10.8. The number of hydrogen-bond acceptors (Lipinski definition) is 4. The Hall–Kier alpha value is -0.660. The van der Waals surface area contributed by atoms with Crippen molar-refractivity contribution >= 4 is 41.4 Å². The normalized spacial score (nSPS) is 11.3. The third-order valence-electron chi connectivity index (χ3n) is 1.58. The Morgan fingerprint density at radius 3 is 2.47 bits per heavy atom. The summed E-state index contributed by atoms with van der Waals surface area (Å²) in [6.45, 7) is 0. The van der Waals surface area contributed by atoms with Gasteiger partial charge in [0.2, 0.25) is 9.05 Å². The fourth-order valence-electron chi connectivity index (χ4n) is 0.953. The molecule has 5 nitrogen and oxygen atoms in total. The van der Waals surface area contributed by atoms with Crippen LogP contribution in [0.25, 0.3) is 0 Å². The van der Waals surface area contributed by atoms with Gasteiger partial charge in [0.1, 0.15) is 0 Å². The van der Waals surface area contributed by atoms with Gasteiger partial charge in [-0.2, -0.15) is 0 Å². The topological polar surface area (TPSA) is 77.3 Å². The number of nitrogens with zero attached hydrogens (tertiary/aromatic N) is 1. The van der Waals surface area contributed by atoms with Gasteiger partial charge < -0.3 is 0 Å². The molecule has 0 radical (unpaired) electrons. The molecule has 0 aliphatic heterocycles. The fourth-order valence-corrected chi connectivity index (χ4v) is 2.62. The molecule has 82 valence electrons. The van der Waals surface area contributed by atoms with Crippen LogP contribution in [0.1, 0.15) is 5.56 Å². The molecule has 0 aliphatic carbocycles. The summed E-state index contributed by atoms with van der Waals surface area (Å²) in [6.07, 6.45) is 0. The molecule has 0 aliphatic rings. The van der Waals surface area contributed by atoms with E-state index in [-0.39, 0.29) is 11.4 Å². The van der Waals surface area contributed by atoms with Gasteiger partial charge in [-0.1, -0.05) is 22.0 Å². The summed E-state index contributed by atoms with van der Waals surface area (Å²) in [6, 6.07) is 3.81. The van der Waals surface area contributed by atoms with Gasteiger partial charge in [0, 0.05) is 27.3 Å². The number of nitro groups is 1. The lowest BCUT2D eigenvalue weighted by atomic mass is 10.2. The lowest BCUT2D eigenvalue weighted by Gasteiger charge is -2.01. The van der Waals surface area contributed by atoms with Gasteiger partial charge in [0.15, 0.2) is 0 Å². The van der Waals surface area contributed by atoms with Crippen LogP contribution in [0.15, 0.2) is 22.7 Å². The van der Waals surface area contributed by atoms with Crippen LogP contribution in [0.5, 0.6) is 0 Å².